The van der Waals surface area contributed by atoms with E-state index in [9.17, 15) is 14.7 Å². The van der Waals surface area contributed by atoms with Gasteiger partial charge in [0.2, 0.25) is 0 Å². The first kappa shape index (κ1) is 20.9. The highest BCUT2D eigenvalue weighted by molar-refractivity contribution is 6.51. The van der Waals surface area contributed by atoms with Gasteiger partial charge in [-0.3, -0.25) is 14.5 Å². The first-order valence-electron chi connectivity index (χ1n) is 10.8. The minimum absolute atomic E-state index is 0.0244. The molecule has 2 aliphatic heterocycles. The van der Waals surface area contributed by atoms with Crippen molar-refractivity contribution < 1.29 is 28.6 Å². The molecule has 7 nitrogen and oxygen atoms in total. The van der Waals surface area contributed by atoms with E-state index in [-0.39, 0.29) is 17.4 Å². The van der Waals surface area contributed by atoms with Crippen molar-refractivity contribution in [1.29, 1.82) is 0 Å². The molecule has 7 heteroatoms. The molecule has 1 saturated heterocycles. The Hall–Kier alpha value is -4.00. The van der Waals surface area contributed by atoms with Crippen LogP contribution in [0.1, 0.15) is 36.8 Å². The van der Waals surface area contributed by atoms with Crippen molar-refractivity contribution in [3.8, 4) is 11.5 Å². The predicted molar refractivity (Wildman–Crippen MR) is 121 cm³/mol. The molecule has 2 unspecified atom stereocenters. The maximum absolute atomic E-state index is 13.2. The molecule has 2 aliphatic rings. The monoisotopic (exact) mass is 445 g/mol. The summed E-state index contributed by atoms with van der Waals surface area (Å²) in [5.74, 6) is -0.0700. The Morgan fingerprint density at radius 2 is 2.00 bits per heavy atom. The van der Waals surface area contributed by atoms with Gasteiger partial charge in [-0.25, -0.2) is 0 Å². The molecule has 168 valence electrons. The number of anilines is 1. The zero-order valence-electron chi connectivity index (χ0n) is 18.3. The van der Waals surface area contributed by atoms with Gasteiger partial charge >= 0.3 is 0 Å². The van der Waals surface area contributed by atoms with Crippen LogP contribution >= 0.6 is 0 Å². The van der Waals surface area contributed by atoms with Crippen LogP contribution < -0.4 is 14.4 Å². The van der Waals surface area contributed by atoms with E-state index in [1.165, 1.54) is 11.2 Å². The fourth-order valence-corrected chi connectivity index (χ4v) is 4.43. The molecule has 0 bridgehead atoms. The van der Waals surface area contributed by atoms with Crippen LogP contribution in [0.2, 0.25) is 0 Å². The summed E-state index contributed by atoms with van der Waals surface area (Å²) in [6.07, 6.45) is 2.22. The molecule has 1 fully saturated rings. The molecule has 0 spiro atoms. The maximum atomic E-state index is 13.2. The summed E-state index contributed by atoms with van der Waals surface area (Å²) in [5.41, 5.74) is 1.84. The Morgan fingerprint density at radius 3 is 2.76 bits per heavy atom. The van der Waals surface area contributed by atoms with Crippen molar-refractivity contribution in [3.05, 3.63) is 83.3 Å². The summed E-state index contributed by atoms with van der Waals surface area (Å²) >= 11 is 0. The highest BCUT2D eigenvalue weighted by Crippen LogP contribution is 2.43. The summed E-state index contributed by atoms with van der Waals surface area (Å²) in [7, 11) is 0. The molecule has 33 heavy (non-hydrogen) atoms. The lowest BCUT2D eigenvalue weighted by atomic mass is 9.97. The van der Waals surface area contributed by atoms with Crippen LogP contribution in [0.3, 0.4) is 0 Å². The van der Waals surface area contributed by atoms with Crippen LogP contribution in [0.4, 0.5) is 5.69 Å². The SMILES string of the molecule is CCOc1cccc(N2C(=O)C(=O)/C(=C(\O)c3ccc4c(c3)CC(C)O4)C2c2ccco2)c1. The number of fused-ring (bicyclic) bond motifs is 1. The fourth-order valence-electron chi connectivity index (χ4n) is 4.43. The van der Waals surface area contributed by atoms with Crippen LogP contribution in [0.25, 0.3) is 5.76 Å². The Kier molecular flexibility index (Phi) is 5.17. The quantitative estimate of drug-likeness (QED) is 0.350. The molecule has 1 N–H and O–H groups in total. The first-order valence-corrected chi connectivity index (χ1v) is 10.8. The maximum Gasteiger partial charge on any atom is 0.300 e. The molecule has 3 aromatic rings. The van der Waals surface area contributed by atoms with Gasteiger partial charge in [0.1, 0.15) is 35.2 Å². The number of ketones is 1. The van der Waals surface area contributed by atoms with Crippen molar-refractivity contribution >= 4 is 23.1 Å². The number of carbonyl (C=O) groups excluding carboxylic acids is 2. The number of Topliss-reactive ketones (excluding diaryl/α,β-unsaturated/α-hetero) is 1. The van der Waals surface area contributed by atoms with Gasteiger partial charge < -0.3 is 19.0 Å². The number of ether oxygens (including phenoxy) is 2. The lowest BCUT2D eigenvalue weighted by molar-refractivity contribution is -0.132. The minimum Gasteiger partial charge on any atom is -0.507 e. The van der Waals surface area contributed by atoms with Crippen molar-refractivity contribution in [2.24, 2.45) is 0 Å². The third-order valence-electron chi connectivity index (χ3n) is 5.83. The van der Waals surface area contributed by atoms with Gasteiger partial charge in [0.05, 0.1) is 18.4 Å². The zero-order chi connectivity index (χ0) is 23.1. The van der Waals surface area contributed by atoms with E-state index < -0.39 is 17.7 Å². The lowest BCUT2D eigenvalue weighted by Gasteiger charge is -2.23. The minimum atomic E-state index is -0.916. The number of benzene rings is 2. The highest BCUT2D eigenvalue weighted by atomic mass is 16.5. The smallest absolute Gasteiger partial charge is 0.300 e. The third-order valence-corrected chi connectivity index (χ3v) is 5.83. The van der Waals surface area contributed by atoms with E-state index in [0.29, 0.717) is 35.8 Å². The van der Waals surface area contributed by atoms with Crippen LogP contribution in [0.15, 0.2) is 70.9 Å². The van der Waals surface area contributed by atoms with Crippen LogP contribution in [0, 0.1) is 0 Å². The average molecular weight is 445 g/mol. The van der Waals surface area contributed by atoms with Crippen molar-refractivity contribution in [2.75, 3.05) is 11.5 Å². The number of hydrogen-bond donors (Lipinski definition) is 1. The lowest BCUT2D eigenvalue weighted by Crippen LogP contribution is -2.29. The predicted octanol–water partition coefficient (Wildman–Crippen LogP) is 4.63. The van der Waals surface area contributed by atoms with Crippen molar-refractivity contribution in [3.63, 3.8) is 0 Å². The number of rotatable bonds is 5. The molecule has 0 aliphatic carbocycles. The molecule has 0 saturated carbocycles. The Bertz CT molecular complexity index is 1260. The van der Waals surface area contributed by atoms with Crippen LogP contribution in [-0.2, 0) is 16.0 Å². The number of furan rings is 1. The third kappa shape index (κ3) is 3.55. The standard InChI is InChI=1S/C26H23NO6/c1-3-31-19-7-4-6-18(14-19)27-23(21-8-5-11-32-21)22(25(29)26(27)30)24(28)16-9-10-20-17(13-16)12-15(2)33-20/h4-11,13-15,23,28H,3,12H2,1-2H3/b24-22-. The van der Waals surface area contributed by atoms with Gasteiger partial charge in [-0.05, 0) is 61.9 Å². The second-order valence-corrected chi connectivity index (χ2v) is 8.07. The van der Waals surface area contributed by atoms with Gasteiger partial charge in [-0.15, -0.1) is 0 Å². The van der Waals surface area contributed by atoms with Gasteiger partial charge in [-0.1, -0.05) is 6.07 Å². The Morgan fingerprint density at radius 1 is 1.15 bits per heavy atom. The fraction of sp³-hybridized carbons (Fsp3) is 0.231. The topological polar surface area (TPSA) is 89.2 Å². The largest absolute Gasteiger partial charge is 0.507 e. The number of aliphatic hydroxyl groups excluding tert-OH is 1. The molecule has 1 aromatic heterocycles. The van der Waals surface area contributed by atoms with E-state index in [1.807, 2.05) is 13.8 Å². The Labute approximate surface area is 190 Å². The summed E-state index contributed by atoms with van der Waals surface area (Å²) in [4.78, 5) is 27.7. The summed E-state index contributed by atoms with van der Waals surface area (Å²) in [5, 5.41) is 11.3. The van der Waals surface area contributed by atoms with Crippen molar-refractivity contribution in [2.45, 2.75) is 32.4 Å². The van der Waals surface area contributed by atoms with E-state index >= 15 is 0 Å². The van der Waals surface area contributed by atoms with Crippen molar-refractivity contribution in [1.82, 2.24) is 0 Å². The normalized spacial score (nSPS) is 21.2. The molecule has 1 amide bonds. The number of nitrogens with zero attached hydrogens (tertiary/aromatic N) is 1. The second kappa shape index (κ2) is 8.16. The summed E-state index contributed by atoms with van der Waals surface area (Å²) < 4.78 is 16.9. The van der Waals surface area contributed by atoms with Crippen LogP contribution in [-0.4, -0.2) is 29.5 Å². The molecular weight excluding hydrogens is 422 g/mol. The zero-order valence-corrected chi connectivity index (χ0v) is 18.3. The number of aliphatic hydroxyl groups is 1. The molecular formula is C26H23NO6. The molecule has 0 radical (unpaired) electrons. The summed E-state index contributed by atoms with van der Waals surface area (Å²) in [6.45, 7) is 4.30. The number of amides is 1. The average Bonchev–Trinajstić information content (AvgIpc) is 3.51. The van der Waals surface area contributed by atoms with Gasteiger partial charge in [-0.2, -0.15) is 0 Å². The van der Waals surface area contributed by atoms with Crippen LogP contribution in [0.5, 0.6) is 11.5 Å². The molecule has 2 atom stereocenters. The number of hydrogen-bond acceptors (Lipinski definition) is 6. The molecule has 2 aromatic carbocycles. The highest BCUT2D eigenvalue weighted by Gasteiger charge is 2.48. The van der Waals surface area contributed by atoms with Gasteiger partial charge in [0, 0.05) is 23.7 Å². The molecule has 5 rings (SSSR count). The van der Waals surface area contributed by atoms with Gasteiger partial charge in [0.15, 0.2) is 0 Å². The van der Waals surface area contributed by atoms with E-state index in [0.717, 1.165) is 11.3 Å². The van der Waals surface area contributed by atoms with Gasteiger partial charge in [0.25, 0.3) is 11.7 Å². The number of carbonyl (C=O) groups is 2. The van der Waals surface area contributed by atoms with E-state index in [4.69, 9.17) is 13.9 Å². The second-order valence-electron chi connectivity index (χ2n) is 8.07. The molecule has 3 heterocycles. The Balaban J connectivity index is 1.64. The summed E-state index contributed by atoms with van der Waals surface area (Å²) in [6, 6.07) is 14.7. The first-order chi connectivity index (χ1) is 16.0. The van der Waals surface area contributed by atoms with E-state index in [2.05, 4.69) is 0 Å². The van der Waals surface area contributed by atoms with E-state index in [1.54, 1.807) is 54.6 Å².